The van der Waals surface area contributed by atoms with Crippen molar-refractivity contribution in [2.75, 3.05) is 31.1 Å². The standard InChI is InChI=1S/C21H25N3O2S/c22-11-6-12-24(18-7-2-1-3-8-18)21(25)17-23(15-19-9-4-13-26-19)16-20-10-5-14-27-20/h1-3,5,7-8,10,14,19H,4,6,9,12-13,15-17H2. The van der Waals surface area contributed by atoms with Gasteiger partial charge in [-0.3, -0.25) is 9.69 Å². The summed E-state index contributed by atoms with van der Waals surface area (Å²) >= 11 is 1.70. The summed E-state index contributed by atoms with van der Waals surface area (Å²) in [5.41, 5.74) is 0.839. The Hall–Kier alpha value is -2.20. The van der Waals surface area contributed by atoms with E-state index in [1.54, 1.807) is 16.2 Å². The van der Waals surface area contributed by atoms with Crippen molar-refractivity contribution in [2.45, 2.75) is 31.9 Å². The number of carbonyl (C=O) groups excluding carboxylic acids is 1. The van der Waals surface area contributed by atoms with E-state index in [4.69, 9.17) is 10.00 Å². The van der Waals surface area contributed by atoms with E-state index in [1.165, 1.54) is 4.88 Å². The molecule has 1 fully saturated rings. The molecule has 1 aromatic heterocycles. The van der Waals surface area contributed by atoms with Gasteiger partial charge in [-0.15, -0.1) is 11.3 Å². The quantitative estimate of drug-likeness (QED) is 0.663. The molecule has 2 heterocycles. The number of anilines is 1. The zero-order valence-electron chi connectivity index (χ0n) is 15.4. The van der Waals surface area contributed by atoms with E-state index in [9.17, 15) is 4.79 Å². The van der Waals surface area contributed by atoms with E-state index in [2.05, 4.69) is 22.4 Å². The van der Waals surface area contributed by atoms with Crippen LogP contribution in [0.4, 0.5) is 5.69 Å². The molecule has 3 rings (SSSR count). The fraction of sp³-hybridized carbons (Fsp3) is 0.429. The number of hydrogen-bond acceptors (Lipinski definition) is 5. The molecule has 0 saturated carbocycles. The van der Waals surface area contributed by atoms with E-state index in [-0.39, 0.29) is 12.0 Å². The normalized spacial score (nSPS) is 16.4. The Kier molecular flexibility index (Phi) is 7.40. The summed E-state index contributed by atoms with van der Waals surface area (Å²) in [4.78, 5) is 18.2. The molecule has 1 aromatic carbocycles. The molecule has 1 aliphatic heterocycles. The third-order valence-electron chi connectivity index (χ3n) is 4.62. The molecule has 0 radical (unpaired) electrons. The van der Waals surface area contributed by atoms with Crippen LogP contribution in [0, 0.1) is 11.3 Å². The molecular formula is C21H25N3O2S. The first-order chi connectivity index (χ1) is 13.3. The van der Waals surface area contributed by atoms with Gasteiger partial charge in [0.05, 0.1) is 25.1 Å². The van der Waals surface area contributed by atoms with Gasteiger partial charge in [-0.25, -0.2) is 0 Å². The van der Waals surface area contributed by atoms with Gasteiger partial charge in [-0.2, -0.15) is 5.26 Å². The molecule has 0 spiro atoms. The Balaban J connectivity index is 1.70. The van der Waals surface area contributed by atoms with E-state index >= 15 is 0 Å². The zero-order chi connectivity index (χ0) is 18.9. The zero-order valence-corrected chi connectivity index (χ0v) is 16.2. The van der Waals surface area contributed by atoms with E-state index in [0.717, 1.165) is 38.2 Å². The molecule has 6 heteroatoms. The van der Waals surface area contributed by atoms with Gasteiger partial charge in [0.15, 0.2) is 0 Å². The third kappa shape index (κ3) is 5.90. The van der Waals surface area contributed by atoms with Gasteiger partial charge >= 0.3 is 0 Å². The maximum Gasteiger partial charge on any atom is 0.241 e. The van der Waals surface area contributed by atoms with E-state index in [1.807, 2.05) is 36.4 Å². The van der Waals surface area contributed by atoms with Crippen molar-refractivity contribution in [1.29, 1.82) is 5.26 Å². The minimum atomic E-state index is 0.0194. The van der Waals surface area contributed by atoms with Crippen molar-refractivity contribution in [1.82, 2.24) is 4.90 Å². The molecule has 2 aromatic rings. The van der Waals surface area contributed by atoms with Crippen LogP contribution in [-0.4, -0.2) is 43.2 Å². The lowest BCUT2D eigenvalue weighted by atomic mass is 10.2. The van der Waals surface area contributed by atoms with Gasteiger partial charge in [0.2, 0.25) is 5.91 Å². The lowest BCUT2D eigenvalue weighted by Crippen LogP contribution is -2.43. The molecule has 1 atom stereocenters. The van der Waals surface area contributed by atoms with Crippen LogP contribution in [-0.2, 0) is 16.1 Å². The van der Waals surface area contributed by atoms with Crippen molar-refractivity contribution >= 4 is 22.9 Å². The van der Waals surface area contributed by atoms with Crippen molar-refractivity contribution < 1.29 is 9.53 Å². The van der Waals surface area contributed by atoms with Crippen LogP contribution in [0.2, 0.25) is 0 Å². The van der Waals surface area contributed by atoms with Crippen LogP contribution in [0.15, 0.2) is 47.8 Å². The Morgan fingerprint density at radius 1 is 1.26 bits per heavy atom. The van der Waals surface area contributed by atoms with Gasteiger partial charge in [0, 0.05) is 36.8 Å². The molecule has 0 aliphatic carbocycles. The smallest absolute Gasteiger partial charge is 0.241 e. The molecule has 1 aliphatic rings. The van der Waals surface area contributed by atoms with Crippen LogP contribution in [0.5, 0.6) is 0 Å². The lowest BCUT2D eigenvalue weighted by molar-refractivity contribution is -0.120. The lowest BCUT2D eigenvalue weighted by Gasteiger charge is -2.28. The van der Waals surface area contributed by atoms with E-state index < -0.39 is 0 Å². The molecule has 27 heavy (non-hydrogen) atoms. The summed E-state index contributed by atoms with van der Waals surface area (Å²) in [5.74, 6) is 0.0194. The van der Waals surface area contributed by atoms with Crippen LogP contribution in [0.3, 0.4) is 0 Å². The first-order valence-corrected chi connectivity index (χ1v) is 10.2. The summed E-state index contributed by atoms with van der Waals surface area (Å²) in [6.07, 6.45) is 2.65. The Morgan fingerprint density at radius 3 is 2.78 bits per heavy atom. The molecule has 0 N–H and O–H groups in total. The van der Waals surface area contributed by atoms with Gasteiger partial charge in [0.25, 0.3) is 0 Å². The topological polar surface area (TPSA) is 56.6 Å². The Morgan fingerprint density at radius 2 is 2.11 bits per heavy atom. The van der Waals surface area contributed by atoms with Crippen LogP contribution in [0.25, 0.3) is 0 Å². The van der Waals surface area contributed by atoms with Gasteiger partial charge in [-0.05, 0) is 36.4 Å². The first kappa shape index (κ1) is 19.6. The van der Waals surface area contributed by atoms with Crippen LogP contribution >= 0.6 is 11.3 Å². The maximum absolute atomic E-state index is 13.1. The second-order valence-electron chi connectivity index (χ2n) is 6.67. The number of amides is 1. The average molecular weight is 384 g/mol. The first-order valence-electron chi connectivity index (χ1n) is 9.35. The Bertz CT molecular complexity index is 737. The number of nitrogens with zero attached hydrogens (tertiary/aromatic N) is 3. The van der Waals surface area contributed by atoms with Crippen molar-refractivity contribution in [3.8, 4) is 6.07 Å². The molecular weight excluding hydrogens is 358 g/mol. The number of ether oxygens (including phenoxy) is 1. The van der Waals surface area contributed by atoms with Crippen LogP contribution in [0.1, 0.15) is 24.1 Å². The summed E-state index contributed by atoms with van der Waals surface area (Å²) in [7, 11) is 0. The summed E-state index contributed by atoms with van der Waals surface area (Å²) in [6.45, 7) is 3.03. The highest BCUT2D eigenvalue weighted by molar-refractivity contribution is 7.09. The highest BCUT2D eigenvalue weighted by atomic mass is 32.1. The summed E-state index contributed by atoms with van der Waals surface area (Å²) in [5, 5.41) is 11.0. The molecule has 5 nitrogen and oxygen atoms in total. The molecule has 1 unspecified atom stereocenters. The largest absolute Gasteiger partial charge is 0.377 e. The average Bonchev–Trinajstić information content (AvgIpc) is 3.37. The molecule has 1 saturated heterocycles. The highest BCUT2D eigenvalue weighted by Crippen LogP contribution is 2.19. The molecule has 142 valence electrons. The third-order valence-corrected chi connectivity index (χ3v) is 5.48. The SMILES string of the molecule is N#CCCN(C(=O)CN(Cc1cccs1)CC1CCCO1)c1ccccc1. The monoisotopic (exact) mass is 383 g/mol. The number of nitriles is 1. The van der Waals surface area contributed by atoms with Crippen molar-refractivity contribution in [3.05, 3.63) is 52.7 Å². The maximum atomic E-state index is 13.1. The number of benzene rings is 1. The number of para-hydroxylation sites is 1. The van der Waals surface area contributed by atoms with Gasteiger partial charge in [-0.1, -0.05) is 24.3 Å². The minimum absolute atomic E-state index is 0.0194. The predicted octanol–water partition coefficient (Wildman–Crippen LogP) is 3.68. The highest BCUT2D eigenvalue weighted by Gasteiger charge is 2.24. The fourth-order valence-electron chi connectivity index (χ4n) is 3.33. The van der Waals surface area contributed by atoms with Crippen molar-refractivity contribution in [2.24, 2.45) is 0 Å². The second-order valence-corrected chi connectivity index (χ2v) is 7.71. The molecule has 0 bridgehead atoms. The predicted molar refractivity (Wildman–Crippen MR) is 108 cm³/mol. The summed E-state index contributed by atoms with van der Waals surface area (Å²) in [6, 6.07) is 15.9. The van der Waals surface area contributed by atoms with Gasteiger partial charge in [0.1, 0.15) is 0 Å². The fourth-order valence-corrected chi connectivity index (χ4v) is 4.07. The number of rotatable bonds is 9. The molecule has 1 amide bonds. The minimum Gasteiger partial charge on any atom is -0.377 e. The van der Waals surface area contributed by atoms with Crippen molar-refractivity contribution in [3.63, 3.8) is 0 Å². The van der Waals surface area contributed by atoms with Crippen LogP contribution < -0.4 is 4.90 Å². The summed E-state index contributed by atoms with van der Waals surface area (Å²) < 4.78 is 5.79. The second kappa shape index (κ2) is 10.2. The Labute approximate surface area is 164 Å². The van der Waals surface area contributed by atoms with E-state index in [0.29, 0.717) is 19.5 Å². The van der Waals surface area contributed by atoms with Gasteiger partial charge < -0.3 is 9.64 Å². The number of thiophene rings is 1. The number of carbonyl (C=O) groups is 1. The number of hydrogen-bond donors (Lipinski definition) is 0.